The molecule has 92 valence electrons. The predicted molar refractivity (Wildman–Crippen MR) is 76.1 cm³/mol. The summed E-state index contributed by atoms with van der Waals surface area (Å²) in [5.74, 6) is 0.0147. The molecule has 1 aliphatic rings. The number of benzene rings is 2. The molecule has 0 saturated carbocycles. The van der Waals surface area contributed by atoms with Crippen LogP contribution in [0.3, 0.4) is 0 Å². The van der Waals surface area contributed by atoms with Crippen molar-refractivity contribution < 1.29 is 4.79 Å². The van der Waals surface area contributed by atoms with E-state index >= 15 is 0 Å². The fraction of sp³-hybridized carbons (Fsp3) is 0.125. The smallest absolute Gasteiger partial charge is 0.193 e. The largest absolute Gasteiger partial charge is 0.289 e. The van der Waals surface area contributed by atoms with E-state index < -0.39 is 0 Å². The SMILES string of the molecule is N#Cc1ccc2c(c1)C(=O)c1cc(Br)ccc1CC2. The fourth-order valence-electron chi connectivity index (χ4n) is 2.47. The Balaban J connectivity index is 2.21. The van der Waals surface area contributed by atoms with Gasteiger partial charge in [-0.3, -0.25) is 4.79 Å². The van der Waals surface area contributed by atoms with Gasteiger partial charge in [-0.15, -0.1) is 0 Å². The molecule has 0 heterocycles. The Bertz CT molecular complexity index is 728. The summed E-state index contributed by atoms with van der Waals surface area (Å²) in [5, 5.41) is 8.97. The van der Waals surface area contributed by atoms with Gasteiger partial charge >= 0.3 is 0 Å². The highest BCUT2D eigenvalue weighted by Crippen LogP contribution is 2.27. The monoisotopic (exact) mass is 311 g/mol. The third-order valence-corrected chi connectivity index (χ3v) is 3.96. The lowest BCUT2D eigenvalue weighted by atomic mass is 9.97. The van der Waals surface area contributed by atoms with Crippen LogP contribution < -0.4 is 0 Å². The van der Waals surface area contributed by atoms with Crippen LogP contribution in [0.4, 0.5) is 0 Å². The maximum Gasteiger partial charge on any atom is 0.193 e. The predicted octanol–water partition coefficient (Wildman–Crippen LogP) is 3.65. The van der Waals surface area contributed by atoms with Crippen LogP contribution in [0.5, 0.6) is 0 Å². The third-order valence-electron chi connectivity index (χ3n) is 3.46. The number of carbonyl (C=O) groups excluding carboxylic acids is 1. The van der Waals surface area contributed by atoms with Crippen molar-refractivity contribution in [1.82, 2.24) is 0 Å². The van der Waals surface area contributed by atoms with E-state index in [1.807, 2.05) is 24.3 Å². The zero-order chi connectivity index (χ0) is 13.4. The fourth-order valence-corrected chi connectivity index (χ4v) is 2.83. The van der Waals surface area contributed by atoms with Gasteiger partial charge < -0.3 is 0 Å². The number of hydrogen-bond donors (Lipinski definition) is 0. The van der Waals surface area contributed by atoms with Crippen LogP contribution in [0.2, 0.25) is 0 Å². The van der Waals surface area contributed by atoms with Crippen molar-refractivity contribution in [2.45, 2.75) is 12.8 Å². The molecule has 2 nitrogen and oxygen atoms in total. The van der Waals surface area contributed by atoms with Crippen molar-refractivity contribution in [2.75, 3.05) is 0 Å². The second-order valence-corrected chi connectivity index (χ2v) is 5.53. The van der Waals surface area contributed by atoms with Gasteiger partial charge in [0, 0.05) is 15.6 Å². The highest BCUT2D eigenvalue weighted by atomic mass is 79.9. The Morgan fingerprint density at radius 3 is 2.32 bits per heavy atom. The molecule has 19 heavy (non-hydrogen) atoms. The van der Waals surface area contributed by atoms with Crippen LogP contribution in [0, 0.1) is 11.3 Å². The number of carbonyl (C=O) groups is 1. The van der Waals surface area contributed by atoms with Gasteiger partial charge in [0.2, 0.25) is 0 Å². The van der Waals surface area contributed by atoms with E-state index in [9.17, 15) is 4.79 Å². The van der Waals surface area contributed by atoms with Crippen LogP contribution in [0.1, 0.15) is 32.6 Å². The first-order chi connectivity index (χ1) is 9.19. The molecule has 0 atom stereocenters. The molecule has 0 amide bonds. The molecule has 3 heteroatoms. The van der Waals surface area contributed by atoms with Gasteiger partial charge in [-0.1, -0.05) is 28.1 Å². The second-order valence-electron chi connectivity index (χ2n) is 4.61. The molecular weight excluding hydrogens is 302 g/mol. The minimum Gasteiger partial charge on any atom is -0.289 e. The van der Waals surface area contributed by atoms with E-state index in [2.05, 4.69) is 22.0 Å². The van der Waals surface area contributed by atoms with Gasteiger partial charge in [-0.2, -0.15) is 5.26 Å². The molecule has 0 N–H and O–H groups in total. The number of halogens is 1. The summed E-state index contributed by atoms with van der Waals surface area (Å²) < 4.78 is 0.902. The molecule has 0 bridgehead atoms. The van der Waals surface area contributed by atoms with Crippen molar-refractivity contribution in [2.24, 2.45) is 0 Å². The maximum absolute atomic E-state index is 12.6. The Hall–Kier alpha value is -1.92. The second kappa shape index (κ2) is 4.64. The summed E-state index contributed by atoms with van der Waals surface area (Å²) in [5.41, 5.74) is 4.03. The molecule has 0 radical (unpaired) electrons. The van der Waals surface area contributed by atoms with Crippen molar-refractivity contribution in [1.29, 1.82) is 5.26 Å². The first-order valence-electron chi connectivity index (χ1n) is 6.05. The quantitative estimate of drug-likeness (QED) is 0.745. The molecule has 0 fully saturated rings. The van der Waals surface area contributed by atoms with Gasteiger partial charge in [-0.25, -0.2) is 0 Å². The number of fused-ring (bicyclic) bond motifs is 2. The molecule has 0 saturated heterocycles. The Morgan fingerprint density at radius 2 is 1.63 bits per heavy atom. The molecule has 3 rings (SSSR count). The Labute approximate surface area is 119 Å². The van der Waals surface area contributed by atoms with E-state index in [4.69, 9.17) is 5.26 Å². The lowest BCUT2D eigenvalue weighted by Crippen LogP contribution is -2.04. The average Bonchev–Trinajstić information content (AvgIpc) is 2.57. The Morgan fingerprint density at radius 1 is 1.00 bits per heavy atom. The van der Waals surface area contributed by atoms with E-state index in [1.165, 1.54) is 0 Å². The Kier molecular flexibility index (Phi) is 2.96. The van der Waals surface area contributed by atoms with Gasteiger partial charge in [0.25, 0.3) is 0 Å². The minimum absolute atomic E-state index is 0.0147. The number of nitriles is 1. The lowest BCUT2D eigenvalue weighted by Gasteiger charge is -2.06. The van der Waals surface area contributed by atoms with Gasteiger partial charge in [0.05, 0.1) is 11.6 Å². The molecule has 0 unspecified atom stereocenters. The van der Waals surface area contributed by atoms with Crippen molar-refractivity contribution in [3.8, 4) is 6.07 Å². The summed E-state index contributed by atoms with van der Waals surface area (Å²) in [4.78, 5) is 12.6. The van der Waals surface area contributed by atoms with Gasteiger partial charge in [-0.05, 0) is 48.2 Å². The summed E-state index contributed by atoms with van der Waals surface area (Å²) in [7, 11) is 0. The number of ketones is 1. The lowest BCUT2D eigenvalue weighted by molar-refractivity contribution is 0.103. The topological polar surface area (TPSA) is 40.9 Å². The number of aryl methyl sites for hydroxylation is 2. The highest BCUT2D eigenvalue weighted by molar-refractivity contribution is 9.10. The number of nitrogens with zero attached hydrogens (tertiary/aromatic N) is 1. The van der Waals surface area contributed by atoms with E-state index in [1.54, 1.807) is 12.1 Å². The maximum atomic E-state index is 12.6. The first kappa shape index (κ1) is 12.1. The third kappa shape index (κ3) is 2.09. The molecule has 2 aromatic rings. The normalized spacial score (nSPS) is 13.2. The van der Waals surface area contributed by atoms with Gasteiger partial charge in [0.1, 0.15) is 0 Å². The summed E-state index contributed by atoms with van der Waals surface area (Å²) in [6, 6.07) is 13.3. The van der Waals surface area contributed by atoms with Crippen molar-refractivity contribution in [3.05, 3.63) is 68.7 Å². The van der Waals surface area contributed by atoms with E-state index in [-0.39, 0.29) is 5.78 Å². The molecule has 0 spiro atoms. The van der Waals surface area contributed by atoms with E-state index in [0.29, 0.717) is 11.1 Å². The summed E-state index contributed by atoms with van der Waals surface area (Å²) >= 11 is 3.41. The molecule has 1 aliphatic carbocycles. The zero-order valence-corrected chi connectivity index (χ0v) is 11.7. The minimum atomic E-state index is 0.0147. The van der Waals surface area contributed by atoms with Gasteiger partial charge in [0.15, 0.2) is 5.78 Å². The van der Waals surface area contributed by atoms with Crippen LogP contribution in [-0.2, 0) is 12.8 Å². The first-order valence-corrected chi connectivity index (χ1v) is 6.84. The highest BCUT2D eigenvalue weighted by Gasteiger charge is 2.21. The van der Waals surface area contributed by atoms with Crippen LogP contribution >= 0.6 is 15.9 Å². The molecule has 0 aromatic heterocycles. The van der Waals surface area contributed by atoms with Crippen LogP contribution in [0.25, 0.3) is 0 Å². The zero-order valence-electron chi connectivity index (χ0n) is 10.1. The van der Waals surface area contributed by atoms with E-state index in [0.717, 1.165) is 34.0 Å². The summed E-state index contributed by atoms with van der Waals surface area (Å²) in [6.07, 6.45) is 1.69. The molecular formula is C16H10BrNO. The van der Waals surface area contributed by atoms with Crippen LogP contribution in [-0.4, -0.2) is 5.78 Å². The molecule has 0 aliphatic heterocycles. The molecule has 2 aromatic carbocycles. The summed E-state index contributed by atoms with van der Waals surface area (Å²) in [6.45, 7) is 0. The standard InChI is InChI=1S/C16H10BrNO/c17-13-6-5-12-4-3-11-2-1-10(9-18)7-14(11)16(19)15(12)8-13/h1-2,5-8H,3-4H2. The van der Waals surface area contributed by atoms with Crippen molar-refractivity contribution >= 4 is 21.7 Å². The number of hydrogen-bond acceptors (Lipinski definition) is 2. The van der Waals surface area contributed by atoms with Crippen molar-refractivity contribution in [3.63, 3.8) is 0 Å². The number of rotatable bonds is 0. The average molecular weight is 312 g/mol. The van der Waals surface area contributed by atoms with Crippen LogP contribution in [0.15, 0.2) is 40.9 Å².